The molecule has 0 aromatic heterocycles. The fraction of sp³-hybridized carbons (Fsp3) is 0.130. The molecule has 3 aromatic rings. The van der Waals surface area contributed by atoms with Crippen LogP contribution in [-0.4, -0.2) is 32.6 Å². The maximum absolute atomic E-state index is 12.6. The first-order chi connectivity index (χ1) is 15.7. The predicted octanol–water partition coefficient (Wildman–Crippen LogP) is 3.71. The van der Waals surface area contributed by atoms with Crippen molar-refractivity contribution < 1.29 is 22.7 Å². The van der Waals surface area contributed by atoms with Crippen LogP contribution in [0.2, 0.25) is 0 Å². The average Bonchev–Trinajstić information content (AvgIpc) is 2.79. The first-order valence-corrected chi connectivity index (χ1v) is 12.2. The van der Waals surface area contributed by atoms with Gasteiger partial charge in [0.1, 0.15) is 5.75 Å². The third-order valence-electron chi connectivity index (χ3n) is 4.56. The molecule has 0 aliphatic heterocycles. The highest BCUT2D eigenvalue weighted by Gasteiger charge is 2.16. The van der Waals surface area contributed by atoms with Gasteiger partial charge in [-0.1, -0.05) is 12.1 Å². The van der Waals surface area contributed by atoms with Gasteiger partial charge in [-0.05, 0) is 67.6 Å². The lowest BCUT2D eigenvalue weighted by atomic mass is 10.2. The molecule has 4 N–H and O–H groups in total. The standard InChI is InChI=1S/C23H23N3O5S2/c1-15(22(27)25-17-9-11-21(12-10-17)33(24,29)30)32-20-8-4-6-18(14-20)26-23(28)16-5-3-7-19(13-16)31-2/h3-15H,1-2H3,(H,25,27)(H,26,28)(H2,24,29,30). The fourth-order valence-electron chi connectivity index (χ4n) is 2.84. The number of carbonyl (C=O) groups is 2. The van der Waals surface area contributed by atoms with Gasteiger partial charge in [0.15, 0.2) is 0 Å². The van der Waals surface area contributed by atoms with Gasteiger partial charge < -0.3 is 15.4 Å². The molecule has 0 fully saturated rings. The van der Waals surface area contributed by atoms with E-state index in [1.165, 1.54) is 43.1 Å². The number of amides is 2. The van der Waals surface area contributed by atoms with E-state index in [2.05, 4.69) is 10.6 Å². The van der Waals surface area contributed by atoms with Crippen LogP contribution in [0.4, 0.5) is 11.4 Å². The van der Waals surface area contributed by atoms with Crippen molar-refractivity contribution in [3.05, 3.63) is 78.4 Å². The van der Waals surface area contributed by atoms with Crippen molar-refractivity contribution in [2.75, 3.05) is 17.7 Å². The number of sulfonamides is 1. The zero-order chi connectivity index (χ0) is 24.0. The molecule has 33 heavy (non-hydrogen) atoms. The minimum absolute atomic E-state index is 0.0317. The quantitative estimate of drug-likeness (QED) is 0.417. The van der Waals surface area contributed by atoms with E-state index >= 15 is 0 Å². The van der Waals surface area contributed by atoms with Gasteiger partial charge in [0.2, 0.25) is 15.9 Å². The monoisotopic (exact) mass is 485 g/mol. The number of hydrogen-bond acceptors (Lipinski definition) is 6. The second kappa shape index (κ2) is 10.5. The molecule has 1 unspecified atom stereocenters. The Bertz CT molecular complexity index is 1260. The van der Waals surface area contributed by atoms with E-state index in [0.717, 1.165) is 4.90 Å². The lowest BCUT2D eigenvalue weighted by Gasteiger charge is -2.13. The Kier molecular flexibility index (Phi) is 7.75. The second-order valence-electron chi connectivity index (χ2n) is 7.03. The number of primary sulfonamides is 1. The van der Waals surface area contributed by atoms with E-state index in [1.54, 1.807) is 49.4 Å². The highest BCUT2D eigenvalue weighted by atomic mass is 32.2. The van der Waals surface area contributed by atoms with Crippen molar-refractivity contribution in [2.24, 2.45) is 5.14 Å². The SMILES string of the molecule is COc1cccc(C(=O)Nc2cccc(SC(C)C(=O)Nc3ccc(S(N)(=O)=O)cc3)c2)c1. The third-order valence-corrected chi connectivity index (χ3v) is 6.58. The first kappa shape index (κ1) is 24.3. The van der Waals surface area contributed by atoms with E-state index in [9.17, 15) is 18.0 Å². The van der Waals surface area contributed by atoms with Gasteiger partial charge in [0.25, 0.3) is 5.91 Å². The highest BCUT2D eigenvalue weighted by molar-refractivity contribution is 8.00. The molecule has 8 nitrogen and oxygen atoms in total. The summed E-state index contributed by atoms with van der Waals surface area (Å²) in [6.45, 7) is 1.75. The number of carbonyl (C=O) groups excluding carboxylic acids is 2. The van der Waals surface area contributed by atoms with Crippen LogP contribution in [0.3, 0.4) is 0 Å². The fourth-order valence-corrected chi connectivity index (χ4v) is 4.29. The van der Waals surface area contributed by atoms with Gasteiger partial charge >= 0.3 is 0 Å². The van der Waals surface area contributed by atoms with Crippen LogP contribution >= 0.6 is 11.8 Å². The molecule has 0 aliphatic carbocycles. The van der Waals surface area contributed by atoms with Crippen LogP contribution in [0, 0.1) is 0 Å². The maximum atomic E-state index is 12.6. The summed E-state index contributed by atoms with van der Waals surface area (Å²) in [5.41, 5.74) is 1.52. The lowest BCUT2D eigenvalue weighted by molar-refractivity contribution is -0.115. The predicted molar refractivity (Wildman–Crippen MR) is 129 cm³/mol. The van der Waals surface area contributed by atoms with Gasteiger partial charge in [-0.3, -0.25) is 9.59 Å². The Morgan fingerprint density at radius 3 is 2.30 bits per heavy atom. The summed E-state index contributed by atoms with van der Waals surface area (Å²) < 4.78 is 27.8. The number of thioether (sulfide) groups is 1. The van der Waals surface area contributed by atoms with Gasteiger partial charge in [-0.2, -0.15) is 0 Å². The number of nitrogens with one attached hydrogen (secondary N) is 2. The van der Waals surface area contributed by atoms with Crippen LogP contribution in [-0.2, 0) is 14.8 Å². The normalized spacial score (nSPS) is 12.0. The second-order valence-corrected chi connectivity index (χ2v) is 10.0. The Morgan fingerprint density at radius 1 is 0.939 bits per heavy atom. The van der Waals surface area contributed by atoms with Crippen LogP contribution in [0.25, 0.3) is 0 Å². The average molecular weight is 486 g/mol. The van der Waals surface area contributed by atoms with Crippen LogP contribution in [0.1, 0.15) is 17.3 Å². The van der Waals surface area contributed by atoms with E-state index in [0.29, 0.717) is 22.7 Å². The van der Waals surface area contributed by atoms with E-state index in [4.69, 9.17) is 9.88 Å². The Morgan fingerprint density at radius 2 is 1.64 bits per heavy atom. The van der Waals surface area contributed by atoms with Crippen LogP contribution in [0.15, 0.2) is 82.6 Å². The van der Waals surface area contributed by atoms with Gasteiger partial charge in [0.05, 0.1) is 17.3 Å². The minimum atomic E-state index is -3.79. The summed E-state index contributed by atoms with van der Waals surface area (Å²) >= 11 is 1.32. The van der Waals surface area contributed by atoms with Crippen molar-refractivity contribution in [3.63, 3.8) is 0 Å². The summed E-state index contributed by atoms with van der Waals surface area (Å²) in [6, 6.07) is 19.6. The molecule has 0 heterocycles. The molecule has 0 aliphatic rings. The van der Waals surface area contributed by atoms with E-state index in [1.807, 2.05) is 6.07 Å². The molecule has 2 amide bonds. The number of hydrogen-bond donors (Lipinski definition) is 3. The molecule has 1 atom stereocenters. The van der Waals surface area contributed by atoms with Crippen molar-refractivity contribution in [2.45, 2.75) is 22.0 Å². The molecule has 0 radical (unpaired) electrons. The molecule has 3 rings (SSSR count). The van der Waals surface area contributed by atoms with Gasteiger partial charge in [-0.25, -0.2) is 13.6 Å². The Hall–Kier alpha value is -3.34. The molecular formula is C23H23N3O5S2. The Balaban J connectivity index is 1.62. The molecule has 172 valence electrons. The highest BCUT2D eigenvalue weighted by Crippen LogP contribution is 2.27. The van der Waals surface area contributed by atoms with Crippen molar-refractivity contribution in [3.8, 4) is 5.75 Å². The van der Waals surface area contributed by atoms with Crippen molar-refractivity contribution >= 4 is 45.0 Å². The molecule has 0 spiro atoms. The summed E-state index contributed by atoms with van der Waals surface area (Å²) in [7, 11) is -2.26. The number of anilines is 2. The van der Waals surface area contributed by atoms with E-state index < -0.39 is 15.3 Å². The number of nitrogens with two attached hydrogens (primary N) is 1. The Labute approximate surface area is 196 Å². The lowest BCUT2D eigenvalue weighted by Crippen LogP contribution is -2.22. The summed E-state index contributed by atoms with van der Waals surface area (Å²) in [5.74, 6) is 0.0602. The zero-order valence-electron chi connectivity index (χ0n) is 17.9. The van der Waals surface area contributed by atoms with Crippen molar-refractivity contribution in [1.29, 1.82) is 0 Å². The number of rotatable bonds is 8. The zero-order valence-corrected chi connectivity index (χ0v) is 19.6. The third kappa shape index (κ3) is 6.82. The van der Waals surface area contributed by atoms with Gasteiger partial charge in [-0.15, -0.1) is 11.8 Å². The largest absolute Gasteiger partial charge is 0.497 e. The van der Waals surface area contributed by atoms with Crippen LogP contribution < -0.4 is 20.5 Å². The number of ether oxygens (including phenoxy) is 1. The first-order valence-electron chi connectivity index (χ1n) is 9.81. The maximum Gasteiger partial charge on any atom is 0.255 e. The minimum Gasteiger partial charge on any atom is -0.497 e. The number of benzene rings is 3. The summed E-state index contributed by atoms with van der Waals surface area (Å²) in [4.78, 5) is 25.8. The molecular weight excluding hydrogens is 462 g/mol. The smallest absolute Gasteiger partial charge is 0.255 e. The summed E-state index contributed by atoms with van der Waals surface area (Å²) in [6.07, 6.45) is 0. The molecule has 10 heteroatoms. The molecule has 0 bridgehead atoms. The van der Waals surface area contributed by atoms with E-state index in [-0.39, 0.29) is 16.7 Å². The molecule has 0 saturated carbocycles. The topological polar surface area (TPSA) is 128 Å². The summed E-state index contributed by atoms with van der Waals surface area (Å²) in [5, 5.41) is 10.2. The molecule has 0 saturated heterocycles. The van der Waals surface area contributed by atoms with Crippen LogP contribution in [0.5, 0.6) is 5.75 Å². The van der Waals surface area contributed by atoms with Gasteiger partial charge in [0, 0.05) is 21.8 Å². The number of methoxy groups -OCH3 is 1. The van der Waals surface area contributed by atoms with Crippen molar-refractivity contribution in [1.82, 2.24) is 0 Å². The molecule has 3 aromatic carbocycles.